The van der Waals surface area contributed by atoms with Gasteiger partial charge in [0, 0.05) is 71.8 Å². The number of imide groups is 1. The van der Waals surface area contributed by atoms with Crippen LogP contribution in [0.2, 0.25) is 0 Å². The zero-order chi connectivity index (χ0) is 91.1. The standard InChI is InChI=1S/C25H30N4O9S2.C23H25NO6S.C12H12N2O5.C10H13N3O5S.C6H5NO3S.C2H7NO/c1-13(2)5-7-36-23(33)25-15(9-19(31)38-25)11-40-22-16(21(32)29(22)25)10-18(30)20(17-12-39-14(3)27-17)28-37-8-6-26-24(34)35-4;1-14(2)8-9-29-22(28)23-16(11-19(26)30-23)13-31-21-18(20(27)24(21)23)12-17(25)10-15-6-4-3-5-7-15;1-18-12(17)13-6-7-19-14-10(15)8-4-2-3-5-9(8)11(14)16;1-6-12-7(5-19-6)8(9(14)15)13-18-4-3-11-10(16)17-2;1-3-7-4(2-11-3)5(8)6(9)10;3-1-2-4/h5,12,15-16,22H,6-11H2,1-4H3,(H,26,34);3-8,16,18,21H,9-13H2,1-2H3;2-5H,6-7H2,1H3,(H,13,17);5H,3-4H2,1-2H3,(H,11,16)(H,14,15);2H,1H3,(H,9,10);4H,1-3H2/b28-20-;;;13-8-;;/t15-,16+,22+,25+;16-,18+,21+,23+;;;;/m00..../s1. The number of allylic oxidation sites excluding steroid dienone is 2. The maximum atomic E-state index is 13.4. The molecule has 6 saturated heterocycles. The van der Waals surface area contributed by atoms with E-state index in [1.165, 1.54) is 94.0 Å². The molecular formula is C78H92N12O29S5. The number of nitrogens with two attached hydrogens (primary N) is 1. The number of rotatable bonds is 31. The first-order chi connectivity index (χ1) is 59.1. The molecule has 3 aromatic heterocycles. The van der Waals surface area contributed by atoms with E-state index in [2.05, 4.69) is 55.4 Å². The molecule has 8 N–H and O–H groups in total. The fourth-order valence-corrected chi connectivity index (χ4v) is 17.3. The van der Waals surface area contributed by atoms with E-state index in [0.29, 0.717) is 49.9 Å². The number of nitrogens with one attached hydrogen (secondary N) is 3. The average molecular weight is 1820 g/mol. The van der Waals surface area contributed by atoms with E-state index in [1.807, 2.05) is 58.0 Å². The molecule has 2 aromatic carbocycles. The number of aryl methyl sites for hydroxylation is 3. The van der Waals surface area contributed by atoms with Crippen molar-refractivity contribution in [1.82, 2.24) is 45.8 Å². The monoisotopic (exact) mass is 1820 g/mol. The van der Waals surface area contributed by atoms with Crippen LogP contribution in [0.5, 0.6) is 0 Å². The third-order valence-electron chi connectivity index (χ3n) is 18.0. The number of aliphatic hydroxyl groups is 1. The molecule has 5 aromatic rings. The number of benzene rings is 2. The molecule has 0 bridgehead atoms. The van der Waals surface area contributed by atoms with Crippen molar-refractivity contribution in [2.24, 2.45) is 39.7 Å². The van der Waals surface area contributed by atoms with E-state index in [9.17, 15) is 76.7 Å². The van der Waals surface area contributed by atoms with Gasteiger partial charge in [0.05, 0.1) is 109 Å². The normalized spacial score (nSPS) is 20.1. The second-order valence-electron chi connectivity index (χ2n) is 27.3. The van der Waals surface area contributed by atoms with Crippen LogP contribution in [0, 0.1) is 44.4 Å². The van der Waals surface area contributed by atoms with Gasteiger partial charge in [0.1, 0.15) is 49.3 Å². The fraction of sp³-hybridized carbons (Fsp3) is 0.449. The van der Waals surface area contributed by atoms with Crippen LogP contribution in [0.1, 0.15) is 117 Å². The number of oxime groups is 2. The van der Waals surface area contributed by atoms with E-state index >= 15 is 0 Å². The third kappa shape index (κ3) is 26.1. The first-order valence-electron chi connectivity index (χ1n) is 37.7. The number of Topliss-reactive ketones (excluding diaryl/α,β-unsaturated/α-hetero) is 3. The minimum absolute atomic E-state index is 0.00695. The van der Waals surface area contributed by atoms with Crippen molar-refractivity contribution in [2.45, 2.75) is 103 Å². The zero-order valence-electron chi connectivity index (χ0n) is 68.7. The summed E-state index contributed by atoms with van der Waals surface area (Å²) in [6.07, 6.45) is 1.83. The molecule has 12 rings (SSSR count). The Hall–Kier alpha value is -12.0. The average Bonchev–Trinajstić information content (AvgIpc) is 1.39. The van der Waals surface area contributed by atoms with Crippen molar-refractivity contribution >= 4 is 164 Å². The Labute approximate surface area is 729 Å². The Bertz CT molecular complexity index is 4830. The topological polar surface area (TPSA) is 561 Å². The number of methoxy groups -OCH3 is 3. The number of aliphatic carboxylic acids is 2. The van der Waals surface area contributed by atoms with E-state index < -0.39 is 124 Å². The molecule has 7 amide bonds. The SMILES string of the molecule is CC(C)=CCOC(=O)[C@]12OC(=O)C[C@H]1CS[C@@H]1[C@H](CC(=O)Cc3ccccc3)C(=O)N12.COC(=O)NCCO/N=C(\C(=O)C[C@@H]1C(=O)N2[C@@H]1SC[C@@H]1CC(=O)O[C@@]12C(=O)OCC=C(C)C)c1csc(C)n1.COC(=O)NCCO/N=C(\C(=O)O)c1csc(C)n1.COC(=O)NCCON1C(=O)c2ccccc2C1=O.Cc1nc(C(=O)C(=O)O)cs1.NCCO. The summed E-state index contributed by atoms with van der Waals surface area (Å²) in [5.41, 5.74) is 4.91. The summed E-state index contributed by atoms with van der Waals surface area (Å²) in [6.45, 7) is 13.6. The predicted octanol–water partition coefficient (Wildman–Crippen LogP) is 5.12. The molecule has 0 spiro atoms. The van der Waals surface area contributed by atoms with Gasteiger partial charge in [0.15, 0.2) is 11.5 Å². The number of thioether (sulfide) groups is 2. The van der Waals surface area contributed by atoms with Gasteiger partial charge < -0.3 is 79.8 Å². The molecule has 0 radical (unpaired) electrons. The number of β-lactam (4-membered cyclic amide) rings is 2. The highest BCUT2D eigenvalue weighted by molar-refractivity contribution is 8.00. The molecule has 0 saturated carbocycles. The molecule has 0 unspecified atom stereocenters. The highest BCUT2D eigenvalue weighted by atomic mass is 32.2. The Kier molecular flexibility index (Phi) is 38.1. The number of ketones is 3. The van der Waals surface area contributed by atoms with Crippen molar-refractivity contribution < 1.29 is 140 Å². The lowest BCUT2D eigenvalue weighted by atomic mass is 9.84. The van der Waals surface area contributed by atoms with Crippen LogP contribution in [-0.2, 0) is 102 Å². The summed E-state index contributed by atoms with van der Waals surface area (Å²) in [7, 11) is 3.71. The lowest BCUT2D eigenvalue weighted by molar-refractivity contribution is -0.222. The minimum atomic E-state index is -1.84. The first kappa shape index (κ1) is 99.2. The number of carboxylic acid groups (broad SMARTS) is 2. The second-order valence-corrected chi connectivity index (χ2v) is 32.8. The Balaban J connectivity index is 0.000000223. The molecule has 124 heavy (non-hydrogen) atoms. The van der Waals surface area contributed by atoms with Crippen LogP contribution in [0.4, 0.5) is 14.4 Å². The number of carbonyl (C=O) groups is 16. The highest BCUT2D eigenvalue weighted by Crippen LogP contribution is 2.56. The number of aromatic nitrogens is 3. The Morgan fingerprint density at radius 2 is 0.976 bits per heavy atom. The van der Waals surface area contributed by atoms with Gasteiger partial charge >= 0.3 is 54.1 Å². The lowest BCUT2D eigenvalue weighted by Gasteiger charge is -2.57. The summed E-state index contributed by atoms with van der Waals surface area (Å²) in [5.74, 6) is -10.0. The molecule has 7 aliphatic rings. The van der Waals surface area contributed by atoms with Gasteiger partial charge in [-0.05, 0) is 78.3 Å². The predicted molar refractivity (Wildman–Crippen MR) is 443 cm³/mol. The summed E-state index contributed by atoms with van der Waals surface area (Å²) in [5, 5.41) is 46.2. The van der Waals surface area contributed by atoms with Gasteiger partial charge in [-0.2, -0.15) is 0 Å². The van der Waals surface area contributed by atoms with Gasteiger partial charge in [-0.15, -0.1) is 62.6 Å². The molecular weight excluding hydrogens is 1730 g/mol. The number of nitrogens with zero attached hydrogens (tertiary/aromatic N) is 8. The van der Waals surface area contributed by atoms with Gasteiger partial charge in [-0.25, -0.2) is 48.5 Å². The molecule has 7 aliphatic heterocycles. The highest BCUT2D eigenvalue weighted by Gasteiger charge is 2.73. The van der Waals surface area contributed by atoms with Gasteiger partial charge in [0.25, 0.3) is 29.0 Å². The van der Waals surface area contributed by atoms with Crippen molar-refractivity contribution in [1.29, 1.82) is 0 Å². The van der Waals surface area contributed by atoms with Gasteiger partial charge in [-0.3, -0.25) is 57.8 Å². The number of hydrogen-bond donors (Lipinski definition) is 7. The fourth-order valence-electron chi connectivity index (χ4n) is 12.2. The van der Waals surface area contributed by atoms with Gasteiger partial charge in [0.2, 0.25) is 17.5 Å². The number of ether oxygens (including phenoxy) is 7. The number of hydroxylamine groups is 2. The van der Waals surface area contributed by atoms with Gasteiger partial charge in [-0.1, -0.05) is 63.9 Å². The molecule has 46 heteroatoms. The minimum Gasteiger partial charge on any atom is -0.476 e. The summed E-state index contributed by atoms with van der Waals surface area (Å²) < 4.78 is 35.0. The van der Waals surface area contributed by atoms with Crippen LogP contribution in [0.25, 0.3) is 0 Å². The van der Waals surface area contributed by atoms with Crippen LogP contribution >= 0.6 is 57.5 Å². The van der Waals surface area contributed by atoms with E-state index in [0.717, 1.165) is 21.7 Å². The van der Waals surface area contributed by atoms with Crippen molar-refractivity contribution in [3.8, 4) is 0 Å². The number of esters is 4. The number of thiazole rings is 3. The summed E-state index contributed by atoms with van der Waals surface area (Å²) in [4.78, 5) is 221. The van der Waals surface area contributed by atoms with Crippen molar-refractivity contribution in [3.63, 3.8) is 0 Å². The number of amides is 7. The Morgan fingerprint density at radius 1 is 0.573 bits per heavy atom. The lowest BCUT2D eigenvalue weighted by Crippen LogP contribution is -2.75. The maximum absolute atomic E-state index is 13.4. The maximum Gasteiger partial charge on any atom is 0.406 e. The van der Waals surface area contributed by atoms with Crippen molar-refractivity contribution in [2.75, 3.05) is 98.7 Å². The zero-order valence-corrected chi connectivity index (χ0v) is 72.8. The molecule has 10 heterocycles. The molecule has 0 aliphatic carbocycles. The summed E-state index contributed by atoms with van der Waals surface area (Å²) in [6, 6.07) is 15.8. The van der Waals surface area contributed by atoms with Crippen LogP contribution < -0.4 is 21.7 Å². The number of fused-ring (bicyclic) bond motifs is 7. The molecule has 668 valence electrons. The van der Waals surface area contributed by atoms with Crippen LogP contribution in [0.3, 0.4) is 0 Å². The van der Waals surface area contributed by atoms with E-state index in [-0.39, 0.29) is 131 Å². The van der Waals surface area contributed by atoms with Crippen LogP contribution in [0.15, 0.2) is 104 Å². The third-order valence-corrected chi connectivity index (χ3v) is 23.3. The number of carbonyl (C=O) groups excluding carboxylic acids is 14. The number of aliphatic hydroxyl groups excluding tert-OH is 1. The second kappa shape index (κ2) is 47.6. The summed E-state index contributed by atoms with van der Waals surface area (Å²) >= 11 is 6.79. The van der Waals surface area contributed by atoms with Crippen molar-refractivity contribution in [3.05, 3.63) is 143 Å². The smallest absolute Gasteiger partial charge is 0.406 e. The number of alkyl carbamates (subject to hydrolysis) is 3. The molecule has 41 nitrogen and oxygen atoms in total. The van der Waals surface area contributed by atoms with E-state index in [1.54, 1.807) is 67.9 Å². The van der Waals surface area contributed by atoms with Crippen LogP contribution in [-0.4, -0.2) is 272 Å². The van der Waals surface area contributed by atoms with E-state index in [4.69, 9.17) is 54.5 Å². The molecule has 8 atom stereocenters. The Morgan fingerprint density at radius 3 is 1.37 bits per heavy atom. The largest absolute Gasteiger partial charge is 0.476 e. The molecule has 6 fully saturated rings. The number of carboxylic acids is 2. The number of hydrogen-bond acceptors (Lipinski definition) is 38. The first-order valence-corrected chi connectivity index (χ1v) is 42.4. The quantitative estimate of drug-likeness (QED) is 0.00289.